The van der Waals surface area contributed by atoms with E-state index in [4.69, 9.17) is 14.7 Å². The minimum atomic E-state index is -0.258. The Morgan fingerprint density at radius 3 is 2.56 bits per heavy atom. The van der Waals surface area contributed by atoms with Crippen LogP contribution in [0.1, 0.15) is 23.7 Å². The predicted octanol–water partition coefficient (Wildman–Crippen LogP) is 5.76. The molecule has 3 aromatic carbocycles. The summed E-state index contributed by atoms with van der Waals surface area (Å²) in [5, 5.41) is 3.32. The number of ether oxygens (including phenoxy) is 1. The summed E-state index contributed by atoms with van der Waals surface area (Å²) in [5.41, 5.74) is 4.57. The topological polar surface area (TPSA) is 61.8 Å². The quantitative estimate of drug-likeness (QED) is 0.236. The van der Waals surface area contributed by atoms with Crippen molar-refractivity contribution in [2.75, 3.05) is 42.2 Å². The van der Waals surface area contributed by atoms with Crippen molar-refractivity contribution in [3.8, 4) is 0 Å². The molecule has 0 radical (unpaired) electrons. The summed E-state index contributed by atoms with van der Waals surface area (Å²) in [5.74, 6) is 1.02. The van der Waals surface area contributed by atoms with E-state index in [0.717, 1.165) is 48.3 Å². The van der Waals surface area contributed by atoms with Crippen LogP contribution >= 0.6 is 11.8 Å². The number of thioether (sulfide) groups is 1. The summed E-state index contributed by atoms with van der Waals surface area (Å²) in [6, 6.07) is 24.9. The second-order valence-corrected chi connectivity index (χ2v) is 10.9. The standard InChI is InChI=1S/C31H33N5O2S/c1-22-19-35(17-18-36(22)31(37)38-21-23-9-4-3-5-10-23)29-26-15-16-34(20-27(26)32-30(33-29)39-2)28-14-8-12-24-11-6-7-13-25(24)28/h3-14,22H,15-21H2,1-2H3/t22-/m1/s1. The number of carbonyl (C=O) groups excluding carboxylic acids is 1. The molecule has 0 unspecified atom stereocenters. The molecule has 39 heavy (non-hydrogen) atoms. The molecular weight excluding hydrogens is 506 g/mol. The number of benzene rings is 3. The molecule has 4 aromatic rings. The first-order valence-corrected chi connectivity index (χ1v) is 14.7. The van der Waals surface area contributed by atoms with Gasteiger partial charge in [-0.1, -0.05) is 78.5 Å². The van der Waals surface area contributed by atoms with Gasteiger partial charge >= 0.3 is 6.09 Å². The highest BCUT2D eigenvalue weighted by Gasteiger charge is 2.32. The van der Waals surface area contributed by atoms with Crippen LogP contribution in [-0.2, 0) is 24.3 Å². The highest BCUT2D eigenvalue weighted by atomic mass is 32.2. The Kier molecular flexibility index (Phi) is 7.28. The molecule has 1 atom stereocenters. The lowest BCUT2D eigenvalue weighted by atomic mass is 10.0. The molecule has 0 bridgehead atoms. The minimum absolute atomic E-state index is 0.0149. The fourth-order valence-electron chi connectivity index (χ4n) is 5.65. The zero-order valence-corrected chi connectivity index (χ0v) is 23.2. The largest absolute Gasteiger partial charge is 0.445 e. The van der Waals surface area contributed by atoms with Crippen molar-refractivity contribution < 1.29 is 9.53 Å². The molecule has 0 aliphatic carbocycles. The van der Waals surface area contributed by atoms with Gasteiger partial charge in [-0.2, -0.15) is 0 Å². The normalized spacial score (nSPS) is 17.3. The molecule has 8 heteroatoms. The van der Waals surface area contributed by atoms with E-state index in [-0.39, 0.29) is 18.7 Å². The van der Waals surface area contributed by atoms with Gasteiger partial charge in [-0.15, -0.1) is 0 Å². The first-order valence-electron chi connectivity index (χ1n) is 13.5. The second kappa shape index (κ2) is 11.1. The minimum Gasteiger partial charge on any atom is -0.445 e. The molecule has 0 spiro atoms. The second-order valence-electron chi connectivity index (χ2n) is 10.2. The van der Waals surface area contributed by atoms with Crippen LogP contribution in [0.3, 0.4) is 0 Å². The van der Waals surface area contributed by atoms with E-state index in [0.29, 0.717) is 13.1 Å². The van der Waals surface area contributed by atoms with Gasteiger partial charge in [0, 0.05) is 48.9 Å². The molecule has 7 nitrogen and oxygen atoms in total. The Balaban J connectivity index is 1.19. The number of piperazine rings is 1. The molecule has 2 aliphatic heterocycles. The van der Waals surface area contributed by atoms with Crippen molar-refractivity contribution in [2.45, 2.75) is 37.7 Å². The van der Waals surface area contributed by atoms with E-state index in [9.17, 15) is 4.79 Å². The molecule has 2 aliphatic rings. The molecule has 1 amide bonds. The number of aromatic nitrogens is 2. The van der Waals surface area contributed by atoms with E-state index in [1.807, 2.05) is 41.5 Å². The van der Waals surface area contributed by atoms with Crippen molar-refractivity contribution in [1.82, 2.24) is 14.9 Å². The van der Waals surface area contributed by atoms with E-state index >= 15 is 0 Å². The van der Waals surface area contributed by atoms with Gasteiger partial charge in [0.2, 0.25) is 0 Å². The summed E-state index contributed by atoms with van der Waals surface area (Å²) in [7, 11) is 0. The number of hydrogen-bond acceptors (Lipinski definition) is 7. The van der Waals surface area contributed by atoms with Crippen molar-refractivity contribution >= 4 is 40.1 Å². The lowest BCUT2D eigenvalue weighted by Crippen LogP contribution is -2.54. The zero-order valence-electron chi connectivity index (χ0n) is 22.4. The predicted molar refractivity (Wildman–Crippen MR) is 158 cm³/mol. The van der Waals surface area contributed by atoms with Crippen LogP contribution in [-0.4, -0.2) is 59.4 Å². The van der Waals surface area contributed by atoms with Gasteiger partial charge in [0.15, 0.2) is 5.16 Å². The van der Waals surface area contributed by atoms with E-state index in [1.165, 1.54) is 22.0 Å². The third-order valence-corrected chi connectivity index (χ3v) is 8.23. The Hall–Kier alpha value is -3.78. The molecule has 0 N–H and O–H groups in total. The first-order chi connectivity index (χ1) is 19.1. The van der Waals surface area contributed by atoms with Gasteiger partial charge < -0.3 is 19.4 Å². The molecule has 1 fully saturated rings. The van der Waals surface area contributed by atoms with E-state index in [1.54, 1.807) is 11.8 Å². The highest BCUT2D eigenvalue weighted by molar-refractivity contribution is 7.98. The number of carbonyl (C=O) groups is 1. The van der Waals surface area contributed by atoms with Gasteiger partial charge in [-0.3, -0.25) is 0 Å². The van der Waals surface area contributed by atoms with Crippen molar-refractivity contribution in [2.24, 2.45) is 0 Å². The Morgan fingerprint density at radius 1 is 0.949 bits per heavy atom. The fraction of sp³-hybridized carbons (Fsp3) is 0.323. The Bertz CT molecular complexity index is 1480. The van der Waals surface area contributed by atoms with Crippen LogP contribution in [0, 0.1) is 0 Å². The molecule has 3 heterocycles. The SMILES string of the molecule is CSc1nc2c(c(N3CCN(C(=O)OCc4ccccc4)[C@H](C)C3)n1)CCN(c1cccc3ccccc13)C2. The monoisotopic (exact) mass is 539 g/mol. The van der Waals surface area contributed by atoms with Crippen LogP contribution in [0.4, 0.5) is 16.3 Å². The average Bonchev–Trinajstić information content (AvgIpc) is 2.99. The third-order valence-electron chi connectivity index (χ3n) is 7.68. The molecule has 6 rings (SSSR count). The lowest BCUT2D eigenvalue weighted by molar-refractivity contribution is 0.0794. The summed E-state index contributed by atoms with van der Waals surface area (Å²) in [4.78, 5) is 29.4. The van der Waals surface area contributed by atoms with Gasteiger partial charge in [0.25, 0.3) is 0 Å². The molecular formula is C31H33N5O2S. The summed E-state index contributed by atoms with van der Waals surface area (Å²) >= 11 is 1.58. The maximum absolute atomic E-state index is 12.9. The first kappa shape index (κ1) is 25.5. The number of hydrogen-bond donors (Lipinski definition) is 0. The van der Waals surface area contributed by atoms with Crippen molar-refractivity contribution in [1.29, 1.82) is 0 Å². The third kappa shape index (κ3) is 5.26. The van der Waals surface area contributed by atoms with Crippen LogP contribution in [0.25, 0.3) is 10.8 Å². The number of rotatable bonds is 5. The van der Waals surface area contributed by atoms with Crippen LogP contribution in [0.2, 0.25) is 0 Å². The summed E-state index contributed by atoms with van der Waals surface area (Å²) in [6.45, 7) is 6.08. The van der Waals surface area contributed by atoms with Crippen LogP contribution in [0.5, 0.6) is 0 Å². The maximum atomic E-state index is 12.9. The van der Waals surface area contributed by atoms with Gasteiger partial charge in [0.05, 0.1) is 12.2 Å². The number of amides is 1. The smallest absolute Gasteiger partial charge is 0.410 e. The lowest BCUT2D eigenvalue weighted by Gasteiger charge is -2.41. The summed E-state index contributed by atoms with van der Waals surface area (Å²) in [6.07, 6.45) is 2.65. The Labute approximate surface area is 233 Å². The van der Waals surface area contributed by atoms with Gasteiger partial charge in [-0.05, 0) is 36.6 Å². The zero-order chi connectivity index (χ0) is 26.8. The Morgan fingerprint density at radius 2 is 1.74 bits per heavy atom. The average molecular weight is 540 g/mol. The summed E-state index contributed by atoms with van der Waals surface area (Å²) < 4.78 is 5.62. The highest BCUT2D eigenvalue weighted by Crippen LogP contribution is 2.34. The number of fused-ring (bicyclic) bond motifs is 2. The van der Waals surface area contributed by atoms with Crippen LogP contribution < -0.4 is 9.80 Å². The van der Waals surface area contributed by atoms with Gasteiger partial charge in [-0.25, -0.2) is 14.8 Å². The number of anilines is 2. The van der Waals surface area contributed by atoms with Crippen LogP contribution in [0.15, 0.2) is 78.0 Å². The van der Waals surface area contributed by atoms with E-state index in [2.05, 4.69) is 59.2 Å². The van der Waals surface area contributed by atoms with E-state index < -0.39 is 0 Å². The van der Waals surface area contributed by atoms with Gasteiger partial charge in [0.1, 0.15) is 12.4 Å². The number of nitrogens with zero attached hydrogens (tertiary/aromatic N) is 5. The molecule has 1 saturated heterocycles. The molecule has 200 valence electrons. The van der Waals surface area contributed by atoms with Crippen molar-refractivity contribution in [3.05, 3.63) is 89.6 Å². The fourth-order valence-corrected chi connectivity index (χ4v) is 6.03. The van der Waals surface area contributed by atoms with Crippen molar-refractivity contribution in [3.63, 3.8) is 0 Å². The molecule has 1 aromatic heterocycles. The maximum Gasteiger partial charge on any atom is 0.410 e. The molecule has 0 saturated carbocycles.